The Balaban J connectivity index is 2.27. The fraction of sp³-hybridized carbons (Fsp3) is 0.111. The van der Waals surface area contributed by atoms with E-state index in [2.05, 4.69) is 20.6 Å². The molecule has 17 heavy (non-hydrogen) atoms. The summed E-state index contributed by atoms with van der Waals surface area (Å²) in [5.41, 5.74) is -0.292. The van der Waals surface area contributed by atoms with Crippen LogP contribution in [0.2, 0.25) is 0 Å². The zero-order chi connectivity index (χ0) is 12.4. The molecule has 8 heteroatoms. The van der Waals surface area contributed by atoms with Crippen molar-refractivity contribution in [3.63, 3.8) is 0 Å². The number of H-pyrrole nitrogens is 1. The number of carbonyl (C=O) groups is 2. The number of nitrogens with zero attached hydrogens (tertiary/aromatic N) is 3. The van der Waals surface area contributed by atoms with Crippen LogP contribution >= 0.6 is 0 Å². The van der Waals surface area contributed by atoms with Gasteiger partial charge in [-0.25, -0.2) is 4.79 Å². The molecule has 0 aliphatic rings. The topological polar surface area (TPSA) is 113 Å². The second-order valence-corrected chi connectivity index (χ2v) is 3.29. The third kappa shape index (κ3) is 2.14. The minimum Gasteiger partial charge on any atom is -0.478 e. The van der Waals surface area contributed by atoms with Gasteiger partial charge in [-0.15, -0.1) is 0 Å². The first-order valence-corrected chi connectivity index (χ1v) is 4.65. The molecule has 3 N–H and O–H groups in total. The Bertz CT molecular complexity index is 557. The van der Waals surface area contributed by atoms with Crippen LogP contribution in [0.3, 0.4) is 0 Å². The lowest BCUT2D eigenvalue weighted by Crippen LogP contribution is -2.16. The zero-order valence-electron chi connectivity index (χ0n) is 8.84. The molecule has 2 aromatic heterocycles. The quantitative estimate of drug-likeness (QED) is 0.698. The third-order valence-corrected chi connectivity index (χ3v) is 2.02. The van der Waals surface area contributed by atoms with E-state index in [-0.39, 0.29) is 11.3 Å². The second-order valence-electron chi connectivity index (χ2n) is 3.29. The molecule has 0 bridgehead atoms. The van der Waals surface area contributed by atoms with E-state index < -0.39 is 11.9 Å². The number of amides is 1. The number of carboxylic acids is 1. The second kappa shape index (κ2) is 4.08. The van der Waals surface area contributed by atoms with Crippen molar-refractivity contribution in [2.75, 3.05) is 5.32 Å². The summed E-state index contributed by atoms with van der Waals surface area (Å²) in [5.74, 6) is -1.43. The van der Waals surface area contributed by atoms with Crippen molar-refractivity contribution < 1.29 is 14.7 Å². The first-order valence-electron chi connectivity index (χ1n) is 4.65. The minimum absolute atomic E-state index is 0.144. The molecular weight excluding hydrogens is 226 g/mol. The molecular formula is C9H9N5O3. The highest BCUT2D eigenvalue weighted by Crippen LogP contribution is 2.09. The van der Waals surface area contributed by atoms with Gasteiger partial charge in [-0.2, -0.15) is 10.2 Å². The van der Waals surface area contributed by atoms with Crippen LogP contribution in [-0.4, -0.2) is 37.0 Å². The Morgan fingerprint density at radius 2 is 2.29 bits per heavy atom. The van der Waals surface area contributed by atoms with Crippen molar-refractivity contribution in [1.29, 1.82) is 0 Å². The van der Waals surface area contributed by atoms with Crippen molar-refractivity contribution in [3.05, 3.63) is 29.7 Å². The zero-order valence-corrected chi connectivity index (χ0v) is 8.84. The largest absolute Gasteiger partial charge is 0.478 e. The van der Waals surface area contributed by atoms with E-state index in [1.807, 2.05) is 0 Å². The number of nitrogens with one attached hydrogen (secondary N) is 2. The molecule has 0 atom stereocenters. The van der Waals surface area contributed by atoms with Crippen LogP contribution in [0.5, 0.6) is 0 Å². The Labute approximate surface area is 95.3 Å². The summed E-state index contributed by atoms with van der Waals surface area (Å²) in [7, 11) is 1.54. The molecule has 0 spiro atoms. The molecule has 8 nitrogen and oxygen atoms in total. The first kappa shape index (κ1) is 10.9. The number of aromatic carboxylic acids is 1. The number of hydrogen-bond acceptors (Lipinski definition) is 4. The van der Waals surface area contributed by atoms with Crippen molar-refractivity contribution >= 4 is 17.7 Å². The number of anilines is 1. The molecule has 0 saturated carbocycles. The average Bonchev–Trinajstić information content (AvgIpc) is 2.86. The number of aryl methyl sites for hydroxylation is 1. The summed E-state index contributed by atoms with van der Waals surface area (Å²) in [4.78, 5) is 22.6. The molecule has 0 aromatic carbocycles. The maximum Gasteiger partial charge on any atom is 0.339 e. The van der Waals surface area contributed by atoms with E-state index in [9.17, 15) is 9.59 Å². The van der Waals surface area contributed by atoms with Crippen LogP contribution in [-0.2, 0) is 7.05 Å². The van der Waals surface area contributed by atoms with Gasteiger partial charge in [-0.1, -0.05) is 0 Å². The van der Waals surface area contributed by atoms with Gasteiger partial charge in [0.1, 0.15) is 11.4 Å². The van der Waals surface area contributed by atoms with Crippen LogP contribution in [0.1, 0.15) is 20.8 Å². The van der Waals surface area contributed by atoms with Gasteiger partial charge >= 0.3 is 5.97 Å². The van der Waals surface area contributed by atoms with E-state index in [0.717, 1.165) is 0 Å². The standard InChI is InChI=1S/C9H9N5O3/c1-14-4-5(9(16)17)7(13-14)8(15)11-6-2-3-10-12-6/h2-4H,1H3,(H,16,17)(H2,10,11,12,15). The molecule has 0 aliphatic carbocycles. The summed E-state index contributed by atoms with van der Waals surface area (Å²) >= 11 is 0. The Morgan fingerprint density at radius 1 is 1.53 bits per heavy atom. The highest BCUT2D eigenvalue weighted by Gasteiger charge is 2.21. The monoisotopic (exact) mass is 235 g/mol. The lowest BCUT2D eigenvalue weighted by molar-refractivity contribution is 0.0692. The van der Waals surface area contributed by atoms with Gasteiger partial charge in [0.05, 0.1) is 6.20 Å². The molecule has 2 rings (SSSR count). The minimum atomic E-state index is -1.20. The SMILES string of the molecule is Cn1cc(C(=O)O)c(C(=O)Nc2ccn[nH]2)n1. The Morgan fingerprint density at radius 3 is 2.88 bits per heavy atom. The summed E-state index contributed by atoms with van der Waals surface area (Å²) in [6.45, 7) is 0. The maximum absolute atomic E-state index is 11.8. The van der Waals surface area contributed by atoms with Gasteiger partial charge in [0.25, 0.3) is 5.91 Å². The van der Waals surface area contributed by atoms with Crippen molar-refractivity contribution in [3.8, 4) is 0 Å². The number of carbonyl (C=O) groups excluding carboxylic acids is 1. The fourth-order valence-electron chi connectivity index (χ4n) is 1.32. The summed E-state index contributed by atoms with van der Waals surface area (Å²) in [5, 5.41) is 21.3. The van der Waals surface area contributed by atoms with Crippen molar-refractivity contribution in [2.45, 2.75) is 0 Å². The van der Waals surface area contributed by atoms with E-state index in [1.54, 1.807) is 13.1 Å². The highest BCUT2D eigenvalue weighted by molar-refractivity contribution is 6.08. The van der Waals surface area contributed by atoms with Gasteiger partial charge < -0.3 is 10.4 Å². The van der Waals surface area contributed by atoms with Gasteiger partial charge in [0.2, 0.25) is 0 Å². The Hall–Kier alpha value is -2.64. The molecule has 1 amide bonds. The van der Waals surface area contributed by atoms with Crippen molar-refractivity contribution in [2.24, 2.45) is 7.05 Å². The Kier molecular flexibility index (Phi) is 2.61. The van der Waals surface area contributed by atoms with Gasteiger partial charge in [0.15, 0.2) is 5.69 Å². The normalized spacial score (nSPS) is 10.2. The number of carboxylic acid groups (broad SMARTS) is 1. The van der Waals surface area contributed by atoms with E-state index in [0.29, 0.717) is 5.82 Å². The van der Waals surface area contributed by atoms with Crippen LogP contribution in [0.25, 0.3) is 0 Å². The molecule has 0 aliphatic heterocycles. The van der Waals surface area contributed by atoms with Gasteiger partial charge in [0, 0.05) is 19.3 Å². The lowest BCUT2D eigenvalue weighted by atomic mass is 10.2. The lowest BCUT2D eigenvalue weighted by Gasteiger charge is -1.99. The van der Waals surface area contributed by atoms with E-state index in [4.69, 9.17) is 5.11 Å². The average molecular weight is 235 g/mol. The summed E-state index contributed by atoms with van der Waals surface area (Å²) in [6.07, 6.45) is 2.73. The predicted octanol–water partition coefficient (Wildman–Crippen LogP) is 0.0937. The smallest absolute Gasteiger partial charge is 0.339 e. The number of rotatable bonds is 3. The molecule has 0 radical (unpaired) electrons. The van der Waals surface area contributed by atoms with Crippen LogP contribution in [0.4, 0.5) is 5.82 Å². The third-order valence-electron chi connectivity index (χ3n) is 2.02. The molecule has 0 saturated heterocycles. The molecule has 0 unspecified atom stereocenters. The number of hydrogen-bond donors (Lipinski definition) is 3. The molecule has 2 aromatic rings. The molecule has 0 fully saturated rings. The van der Waals surface area contributed by atoms with Crippen LogP contribution in [0.15, 0.2) is 18.5 Å². The van der Waals surface area contributed by atoms with E-state index in [1.165, 1.54) is 17.1 Å². The number of aromatic nitrogens is 4. The predicted molar refractivity (Wildman–Crippen MR) is 56.7 cm³/mol. The van der Waals surface area contributed by atoms with Crippen LogP contribution in [0, 0.1) is 0 Å². The van der Waals surface area contributed by atoms with Crippen LogP contribution < -0.4 is 5.32 Å². The highest BCUT2D eigenvalue weighted by atomic mass is 16.4. The maximum atomic E-state index is 11.8. The fourth-order valence-corrected chi connectivity index (χ4v) is 1.32. The number of aromatic amines is 1. The van der Waals surface area contributed by atoms with Gasteiger partial charge in [-0.3, -0.25) is 14.6 Å². The summed E-state index contributed by atoms with van der Waals surface area (Å²) < 4.78 is 1.27. The first-order chi connectivity index (χ1) is 8.08. The van der Waals surface area contributed by atoms with Crippen molar-refractivity contribution in [1.82, 2.24) is 20.0 Å². The van der Waals surface area contributed by atoms with E-state index >= 15 is 0 Å². The molecule has 2 heterocycles. The molecule has 88 valence electrons. The van der Waals surface area contributed by atoms with Gasteiger partial charge in [-0.05, 0) is 0 Å². The summed E-state index contributed by atoms with van der Waals surface area (Å²) in [6, 6.07) is 1.54.